The Kier molecular flexibility index (Phi) is 18.7. The highest BCUT2D eigenvalue weighted by molar-refractivity contribution is 5.87. The number of Topliss-reactive ketones (excluding diaryl/α,β-unsaturated/α-hetero) is 1. The normalized spacial score (nSPS) is 11.7. The number of rotatable bonds is 16. The molecule has 0 heterocycles. The molecule has 0 aromatic heterocycles. The van der Waals surface area contributed by atoms with E-state index in [0.29, 0.717) is 38.0 Å². The van der Waals surface area contributed by atoms with Gasteiger partial charge in [0.05, 0.1) is 18.8 Å². The molecule has 0 bridgehead atoms. The van der Waals surface area contributed by atoms with Crippen LogP contribution in [0.3, 0.4) is 0 Å². The van der Waals surface area contributed by atoms with Crippen molar-refractivity contribution < 1.29 is 28.6 Å². The highest BCUT2D eigenvalue weighted by Gasteiger charge is 2.17. The number of amides is 2. The Bertz CT molecular complexity index is 1090. The van der Waals surface area contributed by atoms with Gasteiger partial charge in [0.25, 0.3) is 0 Å². The second kappa shape index (κ2) is 21.3. The van der Waals surface area contributed by atoms with Crippen LogP contribution in [-0.4, -0.2) is 43.3 Å². The van der Waals surface area contributed by atoms with Crippen molar-refractivity contribution in [2.75, 3.05) is 13.2 Å². The number of carbonyl (C=O) groups excluding carboxylic acids is 3. The maximum atomic E-state index is 11.8. The van der Waals surface area contributed by atoms with Crippen molar-refractivity contribution >= 4 is 18.0 Å². The topological polar surface area (TPSA) is 103 Å². The zero-order valence-corrected chi connectivity index (χ0v) is 28.4. The number of hydrogen-bond acceptors (Lipinski definition) is 6. The van der Waals surface area contributed by atoms with Crippen molar-refractivity contribution in [3.63, 3.8) is 0 Å². The third-order valence-corrected chi connectivity index (χ3v) is 6.32. The van der Waals surface area contributed by atoms with Crippen LogP contribution in [0.15, 0.2) is 48.5 Å². The molecule has 2 rings (SSSR count). The molecule has 0 aliphatic carbocycles. The number of nitrogens with one attached hydrogen (secondary N) is 2. The lowest BCUT2D eigenvalue weighted by Gasteiger charge is -2.14. The van der Waals surface area contributed by atoms with E-state index in [1.165, 1.54) is 11.1 Å². The fourth-order valence-corrected chi connectivity index (χ4v) is 4.16. The van der Waals surface area contributed by atoms with Crippen molar-refractivity contribution in [2.45, 2.75) is 107 Å². The van der Waals surface area contributed by atoms with Gasteiger partial charge in [-0.2, -0.15) is 0 Å². The van der Waals surface area contributed by atoms with Gasteiger partial charge < -0.3 is 24.8 Å². The number of carbonyl (C=O) groups is 3. The molecule has 2 aromatic carbocycles. The summed E-state index contributed by atoms with van der Waals surface area (Å²) in [5.74, 6) is 1.57. The van der Waals surface area contributed by atoms with Crippen molar-refractivity contribution in [3.05, 3.63) is 70.8 Å². The summed E-state index contributed by atoms with van der Waals surface area (Å²) in [5, 5.41) is 5.24. The molecule has 2 amide bonds. The van der Waals surface area contributed by atoms with E-state index in [2.05, 4.69) is 62.6 Å². The molecule has 0 spiro atoms. The molecule has 2 N–H and O–H groups in total. The van der Waals surface area contributed by atoms with E-state index in [-0.39, 0.29) is 24.4 Å². The van der Waals surface area contributed by atoms with E-state index in [1.807, 2.05) is 52.0 Å². The SMILES string of the molecule is CC(C)CC(=O)C(C)NC(=O)OCc1ccc(CC(C)C)cc1.CC(C)Cc1ccc(COC(=O)NCCOC(C)C)cc1. The van der Waals surface area contributed by atoms with Gasteiger partial charge in [-0.05, 0) is 73.6 Å². The Labute approximate surface area is 265 Å². The molecular weight excluding hydrogens is 556 g/mol. The van der Waals surface area contributed by atoms with Gasteiger partial charge in [-0.25, -0.2) is 9.59 Å². The van der Waals surface area contributed by atoms with Gasteiger partial charge in [-0.1, -0.05) is 90.1 Å². The summed E-state index contributed by atoms with van der Waals surface area (Å²) in [6.07, 6.45) is 1.77. The molecular formula is C36H56N2O6. The summed E-state index contributed by atoms with van der Waals surface area (Å²) in [6.45, 7) is 19.8. The smallest absolute Gasteiger partial charge is 0.408 e. The number of ether oxygens (including phenoxy) is 3. The lowest BCUT2D eigenvalue weighted by Crippen LogP contribution is -2.39. The molecule has 0 saturated carbocycles. The molecule has 8 nitrogen and oxygen atoms in total. The Morgan fingerprint density at radius 2 is 1.05 bits per heavy atom. The van der Waals surface area contributed by atoms with Crippen LogP contribution in [-0.2, 0) is 45.1 Å². The van der Waals surface area contributed by atoms with Gasteiger partial charge in [0, 0.05) is 13.0 Å². The fourth-order valence-electron chi connectivity index (χ4n) is 4.16. The minimum atomic E-state index is -0.555. The van der Waals surface area contributed by atoms with Crippen molar-refractivity contribution in [2.24, 2.45) is 17.8 Å². The van der Waals surface area contributed by atoms with Crippen LogP contribution in [0.25, 0.3) is 0 Å². The second-order valence-electron chi connectivity index (χ2n) is 12.8. The molecule has 0 fully saturated rings. The van der Waals surface area contributed by atoms with E-state index in [9.17, 15) is 14.4 Å². The quantitative estimate of drug-likeness (QED) is 0.189. The predicted molar refractivity (Wildman–Crippen MR) is 176 cm³/mol. The number of ketones is 1. The third kappa shape index (κ3) is 19.0. The first-order valence-electron chi connectivity index (χ1n) is 15.9. The van der Waals surface area contributed by atoms with Crippen LogP contribution in [0.4, 0.5) is 9.59 Å². The maximum Gasteiger partial charge on any atom is 0.408 e. The average molecular weight is 613 g/mol. The summed E-state index contributed by atoms with van der Waals surface area (Å²) >= 11 is 0. The van der Waals surface area contributed by atoms with E-state index >= 15 is 0 Å². The number of hydrogen-bond donors (Lipinski definition) is 2. The van der Waals surface area contributed by atoms with E-state index in [1.54, 1.807) is 6.92 Å². The minimum absolute atomic E-state index is 0.0231. The molecule has 8 heteroatoms. The molecule has 0 aliphatic rings. The van der Waals surface area contributed by atoms with Crippen LogP contribution in [0, 0.1) is 17.8 Å². The Morgan fingerprint density at radius 1 is 0.614 bits per heavy atom. The van der Waals surface area contributed by atoms with E-state index in [0.717, 1.165) is 24.0 Å². The second-order valence-corrected chi connectivity index (χ2v) is 12.8. The maximum absolute atomic E-state index is 11.8. The van der Waals surface area contributed by atoms with Gasteiger partial charge in [-0.15, -0.1) is 0 Å². The summed E-state index contributed by atoms with van der Waals surface area (Å²) < 4.78 is 15.7. The average Bonchev–Trinajstić information content (AvgIpc) is 2.94. The Balaban J connectivity index is 0.000000442. The first kappa shape index (κ1) is 38.6. The lowest BCUT2D eigenvalue weighted by molar-refractivity contribution is -0.121. The molecule has 0 aliphatic heterocycles. The van der Waals surface area contributed by atoms with Crippen LogP contribution in [0.1, 0.15) is 91.0 Å². The van der Waals surface area contributed by atoms with Crippen molar-refractivity contribution in [1.29, 1.82) is 0 Å². The van der Waals surface area contributed by atoms with Crippen molar-refractivity contribution in [3.8, 4) is 0 Å². The molecule has 1 unspecified atom stereocenters. The van der Waals surface area contributed by atoms with Crippen LogP contribution in [0.2, 0.25) is 0 Å². The standard InChI is InChI=1S/C19H29NO3.C17H27NO3/c1-13(2)10-16-6-8-17(9-7-16)12-23-19(22)20-15(5)18(21)11-14(3)4;1-13(2)11-15-5-7-16(8-6-15)12-21-17(19)18-9-10-20-14(3)4/h6-9,13-15H,10-12H2,1-5H3,(H,20,22);5-8,13-14H,9-12H2,1-4H3,(H,18,19). The largest absolute Gasteiger partial charge is 0.445 e. The van der Waals surface area contributed by atoms with Crippen LogP contribution >= 0.6 is 0 Å². The van der Waals surface area contributed by atoms with Gasteiger partial charge in [0.1, 0.15) is 13.2 Å². The molecule has 0 radical (unpaired) electrons. The molecule has 0 saturated heterocycles. The molecule has 246 valence electrons. The Morgan fingerprint density at radius 3 is 1.45 bits per heavy atom. The van der Waals surface area contributed by atoms with E-state index in [4.69, 9.17) is 14.2 Å². The summed E-state index contributed by atoms with van der Waals surface area (Å²) in [6, 6.07) is 15.7. The summed E-state index contributed by atoms with van der Waals surface area (Å²) in [5.41, 5.74) is 4.52. The zero-order valence-electron chi connectivity index (χ0n) is 28.4. The predicted octanol–water partition coefficient (Wildman–Crippen LogP) is 7.65. The third-order valence-electron chi connectivity index (χ3n) is 6.32. The van der Waals surface area contributed by atoms with Crippen molar-refractivity contribution in [1.82, 2.24) is 10.6 Å². The summed E-state index contributed by atoms with van der Waals surface area (Å²) in [7, 11) is 0. The van der Waals surface area contributed by atoms with E-state index < -0.39 is 18.2 Å². The monoisotopic (exact) mass is 612 g/mol. The Hall–Kier alpha value is -3.39. The molecule has 1 atom stereocenters. The highest BCUT2D eigenvalue weighted by atomic mass is 16.6. The van der Waals surface area contributed by atoms with Crippen LogP contribution in [0.5, 0.6) is 0 Å². The molecule has 2 aromatic rings. The zero-order chi connectivity index (χ0) is 33.1. The number of benzene rings is 2. The van der Waals surface area contributed by atoms with Gasteiger partial charge in [-0.3, -0.25) is 4.79 Å². The minimum Gasteiger partial charge on any atom is -0.445 e. The molecule has 44 heavy (non-hydrogen) atoms. The first-order valence-corrected chi connectivity index (χ1v) is 15.9. The summed E-state index contributed by atoms with van der Waals surface area (Å²) in [4.78, 5) is 35.0. The van der Waals surface area contributed by atoms with Gasteiger partial charge in [0.2, 0.25) is 0 Å². The van der Waals surface area contributed by atoms with Gasteiger partial charge >= 0.3 is 12.2 Å². The first-order chi connectivity index (χ1) is 20.7. The van der Waals surface area contributed by atoms with Gasteiger partial charge in [0.15, 0.2) is 5.78 Å². The fraction of sp³-hybridized carbons (Fsp3) is 0.583. The number of alkyl carbamates (subject to hydrolysis) is 2. The lowest BCUT2D eigenvalue weighted by atomic mass is 10.0. The highest BCUT2D eigenvalue weighted by Crippen LogP contribution is 2.12. The van der Waals surface area contributed by atoms with Crippen LogP contribution < -0.4 is 10.6 Å².